The molecular weight excluding hydrogens is 190 g/mol. The Morgan fingerprint density at radius 2 is 2.20 bits per heavy atom. The molecule has 0 bridgehead atoms. The monoisotopic (exact) mass is 211 g/mol. The molecule has 86 valence electrons. The second-order valence-electron chi connectivity index (χ2n) is 4.24. The number of aromatic nitrogens is 3. The first-order valence-corrected chi connectivity index (χ1v) is 5.43. The van der Waals surface area contributed by atoms with Gasteiger partial charge in [0.2, 0.25) is 0 Å². The zero-order valence-corrected chi connectivity index (χ0v) is 9.70. The Labute approximate surface area is 90.9 Å². The first kappa shape index (κ1) is 12.1. The van der Waals surface area contributed by atoms with E-state index in [1.165, 1.54) is 6.33 Å². The van der Waals surface area contributed by atoms with Gasteiger partial charge in [-0.25, -0.2) is 4.98 Å². The standard InChI is InChI=1S/C10H21N5/c1-7(2)9(4-11)5-12-8(3)10-13-6-14-15-10/h6-9,12H,4-5,11H2,1-3H3,(H,13,14,15). The van der Waals surface area contributed by atoms with Gasteiger partial charge >= 0.3 is 0 Å². The normalized spacial score (nSPS) is 15.5. The van der Waals surface area contributed by atoms with E-state index < -0.39 is 0 Å². The molecule has 0 saturated carbocycles. The quantitative estimate of drug-likeness (QED) is 0.646. The molecular formula is C10H21N5. The minimum atomic E-state index is 0.195. The molecule has 0 radical (unpaired) electrons. The molecule has 2 unspecified atom stereocenters. The number of nitrogens with zero attached hydrogens (tertiary/aromatic N) is 2. The molecule has 0 aliphatic rings. The minimum Gasteiger partial charge on any atom is -0.330 e. The van der Waals surface area contributed by atoms with E-state index >= 15 is 0 Å². The second kappa shape index (κ2) is 5.82. The molecule has 2 atom stereocenters. The summed E-state index contributed by atoms with van der Waals surface area (Å²) in [7, 11) is 0. The van der Waals surface area contributed by atoms with Gasteiger partial charge in [0, 0.05) is 6.54 Å². The molecule has 1 aromatic heterocycles. The van der Waals surface area contributed by atoms with Crippen molar-refractivity contribution in [2.75, 3.05) is 13.1 Å². The fourth-order valence-corrected chi connectivity index (χ4v) is 1.44. The van der Waals surface area contributed by atoms with Gasteiger partial charge in [0.05, 0.1) is 6.04 Å². The third-order valence-electron chi connectivity index (χ3n) is 2.78. The Morgan fingerprint density at radius 3 is 2.67 bits per heavy atom. The molecule has 0 spiro atoms. The molecule has 1 rings (SSSR count). The van der Waals surface area contributed by atoms with Gasteiger partial charge in [-0.3, -0.25) is 5.10 Å². The highest BCUT2D eigenvalue weighted by molar-refractivity contribution is 4.88. The average Bonchev–Trinajstić information content (AvgIpc) is 2.70. The predicted octanol–water partition coefficient (Wildman–Crippen LogP) is 0.686. The third kappa shape index (κ3) is 3.60. The lowest BCUT2D eigenvalue weighted by molar-refractivity contribution is 0.353. The first-order valence-electron chi connectivity index (χ1n) is 5.43. The molecule has 1 heterocycles. The number of rotatable bonds is 6. The van der Waals surface area contributed by atoms with Crippen LogP contribution >= 0.6 is 0 Å². The molecule has 0 fully saturated rings. The molecule has 0 aromatic carbocycles. The van der Waals surface area contributed by atoms with Crippen molar-refractivity contribution >= 4 is 0 Å². The Bertz CT molecular complexity index is 257. The van der Waals surface area contributed by atoms with Crippen LogP contribution in [-0.4, -0.2) is 28.3 Å². The smallest absolute Gasteiger partial charge is 0.141 e. The van der Waals surface area contributed by atoms with Gasteiger partial charge in [-0.1, -0.05) is 13.8 Å². The van der Waals surface area contributed by atoms with Crippen molar-refractivity contribution in [2.24, 2.45) is 17.6 Å². The highest BCUT2D eigenvalue weighted by Gasteiger charge is 2.14. The van der Waals surface area contributed by atoms with Gasteiger partial charge in [0.25, 0.3) is 0 Å². The minimum absolute atomic E-state index is 0.195. The summed E-state index contributed by atoms with van der Waals surface area (Å²) >= 11 is 0. The van der Waals surface area contributed by atoms with Crippen LogP contribution < -0.4 is 11.1 Å². The van der Waals surface area contributed by atoms with E-state index in [0.717, 1.165) is 12.4 Å². The van der Waals surface area contributed by atoms with Crippen LogP contribution in [0, 0.1) is 11.8 Å². The fourth-order valence-electron chi connectivity index (χ4n) is 1.44. The van der Waals surface area contributed by atoms with Crippen LogP contribution in [0.2, 0.25) is 0 Å². The Kier molecular flexibility index (Phi) is 4.71. The van der Waals surface area contributed by atoms with Gasteiger partial charge in [-0.2, -0.15) is 5.10 Å². The van der Waals surface area contributed by atoms with E-state index in [-0.39, 0.29) is 6.04 Å². The largest absolute Gasteiger partial charge is 0.330 e. The van der Waals surface area contributed by atoms with Crippen LogP contribution in [0.25, 0.3) is 0 Å². The van der Waals surface area contributed by atoms with Crippen molar-refractivity contribution in [1.82, 2.24) is 20.5 Å². The second-order valence-corrected chi connectivity index (χ2v) is 4.24. The zero-order chi connectivity index (χ0) is 11.3. The summed E-state index contributed by atoms with van der Waals surface area (Å²) < 4.78 is 0. The summed E-state index contributed by atoms with van der Waals surface area (Å²) in [6.07, 6.45) is 1.52. The lowest BCUT2D eigenvalue weighted by atomic mass is 9.96. The number of nitrogens with two attached hydrogens (primary N) is 1. The van der Waals surface area contributed by atoms with Crippen molar-refractivity contribution in [3.63, 3.8) is 0 Å². The number of H-pyrrole nitrogens is 1. The zero-order valence-electron chi connectivity index (χ0n) is 9.70. The highest BCUT2D eigenvalue weighted by atomic mass is 15.2. The van der Waals surface area contributed by atoms with E-state index in [0.29, 0.717) is 18.4 Å². The van der Waals surface area contributed by atoms with E-state index in [4.69, 9.17) is 5.73 Å². The van der Waals surface area contributed by atoms with Crippen LogP contribution in [0.3, 0.4) is 0 Å². The summed E-state index contributed by atoms with van der Waals surface area (Å²) in [5, 5.41) is 10.1. The van der Waals surface area contributed by atoms with Crippen LogP contribution in [0.1, 0.15) is 32.6 Å². The topological polar surface area (TPSA) is 79.6 Å². The van der Waals surface area contributed by atoms with Crippen molar-refractivity contribution in [1.29, 1.82) is 0 Å². The summed E-state index contributed by atoms with van der Waals surface area (Å²) in [5.41, 5.74) is 5.70. The van der Waals surface area contributed by atoms with Crippen LogP contribution in [0.5, 0.6) is 0 Å². The SMILES string of the molecule is CC(NCC(CN)C(C)C)c1ncn[nH]1. The third-order valence-corrected chi connectivity index (χ3v) is 2.78. The van der Waals surface area contributed by atoms with Crippen molar-refractivity contribution in [2.45, 2.75) is 26.8 Å². The molecule has 1 aromatic rings. The maximum absolute atomic E-state index is 5.70. The molecule has 5 heteroatoms. The maximum Gasteiger partial charge on any atom is 0.141 e. The van der Waals surface area contributed by atoms with Crippen LogP contribution in [0.4, 0.5) is 0 Å². The summed E-state index contributed by atoms with van der Waals surface area (Å²) in [6, 6.07) is 0.195. The van der Waals surface area contributed by atoms with E-state index in [2.05, 4.69) is 41.3 Å². The molecule has 15 heavy (non-hydrogen) atoms. The Morgan fingerprint density at radius 1 is 1.47 bits per heavy atom. The van der Waals surface area contributed by atoms with Gasteiger partial charge in [-0.15, -0.1) is 0 Å². The Balaban J connectivity index is 2.36. The van der Waals surface area contributed by atoms with Crippen LogP contribution in [0.15, 0.2) is 6.33 Å². The summed E-state index contributed by atoms with van der Waals surface area (Å²) in [6.45, 7) is 8.08. The summed E-state index contributed by atoms with van der Waals surface area (Å²) in [4.78, 5) is 4.10. The van der Waals surface area contributed by atoms with Gasteiger partial charge in [0.15, 0.2) is 0 Å². The van der Waals surface area contributed by atoms with Gasteiger partial charge in [0.1, 0.15) is 12.2 Å². The first-order chi connectivity index (χ1) is 7.15. The average molecular weight is 211 g/mol. The molecule has 0 aliphatic carbocycles. The summed E-state index contributed by atoms with van der Waals surface area (Å²) in [5.74, 6) is 1.98. The number of hydrogen-bond donors (Lipinski definition) is 3. The van der Waals surface area contributed by atoms with Gasteiger partial charge < -0.3 is 11.1 Å². The predicted molar refractivity (Wildman–Crippen MR) is 60.2 cm³/mol. The Hall–Kier alpha value is -0.940. The van der Waals surface area contributed by atoms with Crippen molar-refractivity contribution in [3.05, 3.63) is 12.2 Å². The van der Waals surface area contributed by atoms with Crippen molar-refractivity contribution in [3.8, 4) is 0 Å². The molecule has 0 amide bonds. The van der Waals surface area contributed by atoms with E-state index in [1.54, 1.807) is 0 Å². The van der Waals surface area contributed by atoms with Crippen molar-refractivity contribution < 1.29 is 0 Å². The molecule has 4 N–H and O–H groups in total. The maximum atomic E-state index is 5.70. The number of aromatic amines is 1. The lowest BCUT2D eigenvalue weighted by Gasteiger charge is -2.21. The molecule has 5 nitrogen and oxygen atoms in total. The van der Waals surface area contributed by atoms with E-state index in [1.807, 2.05) is 0 Å². The fraction of sp³-hybridized carbons (Fsp3) is 0.800. The van der Waals surface area contributed by atoms with E-state index in [9.17, 15) is 0 Å². The number of hydrogen-bond acceptors (Lipinski definition) is 4. The molecule has 0 aliphatic heterocycles. The van der Waals surface area contributed by atoms with Crippen LogP contribution in [-0.2, 0) is 0 Å². The lowest BCUT2D eigenvalue weighted by Crippen LogP contribution is -2.33. The molecule has 0 saturated heterocycles. The number of nitrogens with one attached hydrogen (secondary N) is 2. The van der Waals surface area contributed by atoms with Gasteiger partial charge in [-0.05, 0) is 25.3 Å². The highest BCUT2D eigenvalue weighted by Crippen LogP contribution is 2.10.